The van der Waals surface area contributed by atoms with Crippen molar-refractivity contribution in [2.75, 3.05) is 14.2 Å². The van der Waals surface area contributed by atoms with Crippen LogP contribution in [0.15, 0.2) is 36.5 Å². The highest BCUT2D eigenvalue weighted by Crippen LogP contribution is 2.25. The van der Waals surface area contributed by atoms with Crippen LogP contribution < -0.4 is 14.8 Å². The Balaban J connectivity index is 1.58. The van der Waals surface area contributed by atoms with Crippen molar-refractivity contribution in [3.8, 4) is 11.5 Å². The molecule has 0 unspecified atom stereocenters. The maximum absolute atomic E-state index is 12.7. The highest BCUT2D eigenvalue weighted by molar-refractivity contribution is 5.98. The number of hydrogen-bond acceptors (Lipinski definition) is 6. The van der Waals surface area contributed by atoms with E-state index in [1.165, 1.54) is 20.3 Å². The van der Waals surface area contributed by atoms with E-state index in [1.54, 1.807) is 18.3 Å². The van der Waals surface area contributed by atoms with E-state index in [1.807, 2.05) is 19.1 Å². The van der Waals surface area contributed by atoms with Crippen molar-refractivity contribution in [3.63, 3.8) is 0 Å². The number of aryl methyl sites for hydroxylation is 1. The smallest absolute Gasteiger partial charge is 0.338 e. The van der Waals surface area contributed by atoms with E-state index in [0.29, 0.717) is 11.3 Å². The highest BCUT2D eigenvalue weighted by atomic mass is 16.5. The van der Waals surface area contributed by atoms with E-state index in [-0.39, 0.29) is 23.6 Å². The molecule has 29 heavy (non-hydrogen) atoms. The Hall–Kier alpha value is -3.09. The van der Waals surface area contributed by atoms with Gasteiger partial charge < -0.3 is 19.5 Å². The number of benzene rings is 1. The van der Waals surface area contributed by atoms with Gasteiger partial charge in [0.25, 0.3) is 5.91 Å². The van der Waals surface area contributed by atoms with Gasteiger partial charge in [-0.05, 0) is 62.9 Å². The van der Waals surface area contributed by atoms with Crippen LogP contribution in [0.2, 0.25) is 0 Å². The number of methoxy groups -OCH3 is 2. The fourth-order valence-corrected chi connectivity index (χ4v) is 3.45. The molecule has 1 amide bonds. The lowest BCUT2D eigenvalue weighted by atomic mass is 9.92. The zero-order valence-corrected chi connectivity index (χ0v) is 16.9. The number of esters is 1. The number of aromatic nitrogens is 1. The van der Waals surface area contributed by atoms with Crippen LogP contribution in [-0.2, 0) is 4.74 Å². The highest BCUT2D eigenvalue weighted by Gasteiger charge is 2.25. The zero-order valence-electron chi connectivity index (χ0n) is 16.9. The van der Waals surface area contributed by atoms with E-state index in [4.69, 9.17) is 14.2 Å². The lowest BCUT2D eigenvalue weighted by Crippen LogP contribution is -2.39. The predicted octanol–water partition coefficient (Wildman–Crippen LogP) is 3.31. The fourth-order valence-electron chi connectivity index (χ4n) is 3.45. The molecule has 1 aliphatic carbocycles. The number of carbonyl (C=O) groups excluding carboxylic acids is 2. The minimum atomic E-state index is -0.513. The third-order valence-electron chi connectivity index (χ3n) is 5.09. The SMILES string of the molecule is COC(=O)c1cc(OC)cc(C(=O)NC2CCC(Oc3cccnc3C)CC2)c1. The molecule has 0 spiro atoms. The molecule has 1 aromatic heterocycles. The maximum Gasteiger partial charge on any atom is 0.338 e. The summed E-state index contributed by atoms with van der Waals surface area (Å²) in [5, 5.41) is 3.05. The van der Waals surface area contributed by atoms with Gasteiger partial charge in [0.15, 0.2) is 0 Å². The standard InChI is InChI=1S/C22H26N2O5/c1-14-20(5-4-10-23-14)29-18-8-6-17(7-9-18)24-21(25)15-11-16(22(26)28-3)13-19(12-15)27-2/h4-5,10-13,17-18H,6-9H2,1-3H3,(H,24,25). The Morgan fingerprint density at radius 1 is 1.07 bits per heavy atom. The second kappa shape index (κ2) is 9.41. The average Bonchev–Trinajstić information content (AvgIpc) is 2.75. The molecule has 1 aromatic carbocycles. The summed E-state index contributed by atoms with van der Waals surface area (Å²) in [5.41, 5.74) is 1.53. The number of pyridine rings is 1. The molecule has 1 heterocycles. The molecule has 1 N–H and O–H groups in total. The van der Waals surface area contributed by atoms with E-state index in [2.05, 4.69) is 10.3 Å². The molecule has 154 valence electrons. The number of nitrogens with one attached hydrogen (secondary N) is 1. The summed E-state index contributed by atoms with van der Waals surface area (Å²) >= 11 is 0. The van der Waals surface area contributed by atoms with Crippen molar-refractivity contribution in [1.29, 1.82) is 0 Å². The van der Waals surface area contributed by atoms with Crippen LogP contribution in [0.1, 0.15) is 52.1 Å². The molecule has 7 nitrogen and oxygen atoms in total. The molecule has 2 aromatic rings. The van der Waals surface area contributed by atoms with Crippen LogP contribution in [0.3, 0.4) is 0 Å². The Morgan fingerprint density at radius 2 is 1.79 bits per heavy atom. The van der Waals surface area contributed by atoms with Crippen molar-refractivity contribution < 1.29 is 23.8 Å². The lowest BCUT2D eigenvalue weighted by molar-refractivity contribution is 0.0600. The molecular weight excluding hydrogens is 372 g/mol. The first kappa shape index (κ1) is 20.6. The van der Waals surface area contributed by atoms with Gasteiger partial charge >= 0.3 is 5.97 Å². The number of nitrogens with zero attached hydrogens (tertiary/aromatic N) is 1. The van der Waals surface area contributed by atoms with Gasteiger partial charge in [0.2, 0.25) is 0 Å². The first-order valence-corrected chi connectivity index (χ1v) is 9.66. The monoisotopic (exact) mass is 398 g/mol. The zero-order chi connectivity index (χ0) is 20.8. The average molecular weight is 398 g/mol. The number of ether oxygens (including phenoxy) is 3. The van der Waals surface area contributed by atoms with E-state index in [0.717, 1.165) is 37.1 Å². The molecular formula is C22H26N2O5. The summed E-state index contributed by atoms with van der Waals surface area (Å²) in [4.78, 5) is 28.8. The van der Waals surface area contributed by atoms with Crippen LogP contribution in [-0.4, -0.2) is 43.2 Å². The Labute approximate surface area is 170 Å². The molecule has 0 saturated heterocycles. The van der Waals surface area contributed by atoms with Gasteiger partial charge in [-0.25, -0.2) is 4.79 Å². The molecule has 1 fully saturated rings. The van der Waals surface area contributed by atoms with Crippen LogP contribution >= 0.6 is 0 Å². The minimum absolute atomic E-state index is 0.0603. The van der Waals surface area contributed by atoms with Crippen LogP contribution in [0, 0.1) is 6.92 Å². The van der Waals surface area contributed by atoms with Crippen molar-refractivity contribution >= 4 is 11.9 Å². The van der Waals surface area contributed by atoms with Crippen molar-refractivity contribution in [1.82, 2.24) is 10.3 Å². The number of amides is 1. The molecule has 0 bridgehead atoms. The summed E-state index contributed by atoms with van der Waals surface area (Å²) in [6.45, 7) is 1.93. The van der Waals surface area contributed by atoms with Gasteiger partial charge in [0, 0.05) is 17.8 Å². The number of carbonyl (C=O) groups is 2. The Morgan fingerprint density at radius 3 is 2.45 bits per heavy atom. The van der Waals surface area contributed by atoms with E-state index in [9.17, 15) is 9.59 Å². The van der Waals surface area contributed by atoms with Gasteiger partial charge in [-0.1, -0.05) is 0 Å². The van der Waals surface area contributed by atoms with Crippen LogP contribution in [0.5, 0.6) is 11.5 Å². The fraction of sp³-hybridized carbons (Fsp3) is 0.409. The first-order chi connectivity index (χ1) is 14.0. The van der Waals surface area contributed by atoms with Crippen molar-refractivity contribution in [2.45, 2.75) is 44.8 Å². The summed E-state index contributed by atoms with van der Waals surface area (Å²) < 4.78 is 16.0. The van der Waals surface area contributed by atoms with Gasteiger partial charge in [-0.3, -0.25) is 9.78 Å². The minimum Gasteiger partial charge on any atom is -0.497 e. The summed E-state index contributed by atoms with van der Waals surface area (Å²) in [6, 6.07) is 8.53. The topological polar surface area (TPSA) is 86.8 Å². The van der Waals surface area contributed by atoms with Crippen LogP contribution in [0.25, 0.3) is 0 Å². The Kier molecular flexibility index (Phi) is 6.69. The van der Waals surface area contributed by atoms with Gasteiger partial charge in [-0.2, -0.15) is 0 Å². The second-order valence-electron chi connectivity index (χ2n) is 7.09. The summed E-state index contributed by atoms with van der Waals surface area (Å²) in [5.74, 6) is 0.497. The molecule has 3 rings (SSSR count). The quantitative estimate of drug-likeness (QED) is 0.752. The van der Waals surface area contributed by atoms with Crippen molar-refractivity contribution in [2.24, 2.45) is 0 Å². The molecule has 0 aliphatic heterocycles. The number of rotatable bonds is 6. The third-order valence-corrected chi connectivity index (χ3v) is 5.09. The van der Waals surface area contributed by atoms with Gasteiger partial charge in [0.05, 0.1) is 31.6 Å². The normalized spacial score (nSPS) is 18.6. The summed E-state index contributed by atoms with van der Waals surface area (Å²) in [7, 11) is 2.79. The van der Waals surface area contributed by atoms with E-state index >= 15 is 0 Å². The van der Waals surface area contributed by atoms with Crippen molar-refractivity contribution in [3.05, 3.63) is 53.3 Å². The third kappa shape index (κ3) is 5.25. The number of hydrogen-bond donors (Lipinski definition) is 1. The molecule has 1 saturated carbocycles. The van der Waals surface area contributed by atoms with E-state index < -0.39 is 5.97 Å². The predicted molar refractivity (Wildman–Crippen MR) is 107 cm³/mol. The molecule has 0 radical (unpaired) electrons. The molecule has 0 atom stereocenters. The maximum atomic E-state index is 12.7. The molecule has 1 aliphatic rings. The Bertz CT molecular complexity index is 875. The first-order valence-electron chi connectivity index (χ1n) is 9.66. The van der Waals surface area contributed by atoms with Gasteiger partial charge in [0.1, 0.15) is 11.5 Å². The van der Waals surface area contributed by atoms with Crippen LogP contribution in [0.4, 0.5) is 0 Å². The second-order valence-corrected chi connectivity index (χ2v) is 7.09. The molecule has 7 heteroatoms. The summed E-state index contributed by atoms with van der Waals surface area (Å²) in [6.07, 6.45) is 5.22. The largest absolute Gasteiger partial charge is 0.497 e. The lowest BCUT2D eigenvalue weighted by Gasteiger charge is -2.29. The van der Waals surface area contributed by atoms with Gasteiger partial charge in [-0.15, -0.1) is 0 Å².